The van der Waals surface area contributed by atoms with Gasteiger partial charge in [0.25, 0.3) is 0 Å². The van der Waals surface area contributed by atoms with Crippen LogP contribution in [0.4, 0.5) is 34.1 Å². The van der Waals surface area contributed by atoms with E-state index in [1.54, 1.807) is 12.1 Å². The van der Waals surface area contributed by atoms with Crippen LogP contribution < -0.4 is 20.0 Å². The van der Waals surface area contributed by atoms with Gasteiger partial charge in [-0.1, -0.05) is 347 Å². The molecule has 122 heavy (non-hydrogen) atoms. The minimum Gasteiger partial charge on any atom is -0.851 e. The summed E-state index contributed by atoms with van der Waals surface area (Å²) in [4.78, 5) is 4.42. The Balaban J connectivity index is 0.767. The van der Waals surface area contributed by atoms with Gasteiger partial charge in [0.1, 0.15) is 11.5 Å². The number of benzene rings is 10. The first kappa shape index (κ1) is 88.2. The number of phenols is 2. The highest BCUT2D eigenvalue weighted by atomic mass is 16.3. The SMILES string of the molecule is CCCCC1(CCCC)CC(C)(C)c2c(-c3ccc(N(c4ccc(-c5cccc6c5C(C)(C)CC6(CCCC)CCCC)cc4)c4ccc(C5C([O-])C(c6ccc(N(c7ccc(-c8cccc9c8C(C)(C)CC9(CCCC)CCCC)cc7)c7ccc(-c8cccc9c8C(CCCC)(CCCC)CC9(C)C)cc7)cc6O)C5[O-])c(O)c4)cc3)cccc21. The molecule has 0 heterocycles. The minimum absolute atomic E-state index is 0.00130. The Bertz CT molecular complexity index is 5110. The Morgan fingerprint density at radius 2 is 0.500 bits per heavy atom. The maximum atomic E-state index is 15.2. The summed E-state index contributed by atoms with van der Waals surface area (Å²) in [6.07, 6.45) is 30.7. The Kier molecular flexibility index (Phi) is 25.8. The third-order valence-corrected chi connectivity index (χ3v) is 30.9. The van der Waals surface area contributed by atoms with E-state index >= 15 is 10.2 Å². The zero-order valence-corrected chi connectivity index (χ0v) is 77.3. The molecule has 10 aromatic rings. The first-order valence-corrected chi connectivity index (χ1v) is 48.2. The summed E-state index contributed by atoms with van der Waals surface area (Å²) in [7, 11) is 0. The van der Waals surface area contributed by atoms with Crippen molar-refractivity contribution in [1.29, 1.82) is 0 Å². The van der Waals surface area contributed by atoms with Crippen LogP contribution in [0.3, 0.4) is 0 Å². The van der Waals surface area contributed by atoms with E-state index in [1.165, 1.54) is 243 Å². The highest BCUT2D eigenvalue weighted by Gasteiger charge is 2.53. The monoisotopic (exact) mass is 1630 g/mol. The van der Waals surface area contributed by atoms with Crippen LogP contribution in [0.15, 0.2) is 206 Å². The van der Waals surface area contributed by atoms with E-state index in [0.29, 0.717) is 22.5 Å². The number of hydrogen-bond acceptors (Lipinski definition) is 6. The number of anilines is 6. The quantitative estimate of drug-likeness (QED) is 0.0406. The Hall–Kier alpha value is -8.68. The molecule has 6 heteroatoms. The second-order valence-corrected chi connectivity index (χ2v) is 41.4. The van der Waals surface area contributed by atoms with Crippen LogP contribution >= 0.6 is 0 Å². The summed E-state index contributed by atoms with van der Waals surface area (Å²) in [6.45, 7) is 38.3. The molecule has 0 aromatic heterocycles. The number of rotatable bonds is 36. The van der Waals surface area contributed by atoms with Crippen molar-refractivity contribution >= 4 is 34.1 Å². The lowest BCUT2D eigenvalue weighted by atomic mass is 9.63. The van der Waals surface area contributed by atoms with Gasteiger partial charge in [-0.15, -0.1) is 12.2 Å². The average molecular weight is 1630 g/mol. The fourth-order valence-corrected chi connectivity index (χ4v) is 25.7. The molecule has 10 aromatic carbocycles. The van der Waals surface area contributed by atoms with Crippen LogP contribution in [0.2, 0.25) is 0 Å². The molecular weight excluding hydrogens is 1490 g/mol. The van der Waals surface area contributed by atoms with Gasteiger partial charge in [-0.2, -0.15) is 0 Å². The van der Waals surface area contributed by atoms with E-state index < -0.39 is 24.0 Å². The molecule has 5 aliphatic rings. The van der Waals surface area contributed by atoms with Crippen molar-refractivity contribution in [3.63, 3.8) is 0 Å². The van der Waals surface area contributed by atoms with Crippen molar-refractivity contribution in [3.8, 4) is 56.0 Å². The van der Waals surface area contributed by atoms with E-state index in [2.05, 4.69) is 290 Å². The van der Waals surface area contributed by atoms with Gasteiger partial charge in [0.2, 0.25) is 0 Å². The highest BCUT2D eigenvalue weighted by Crippen LogP contribution is 2.63. The molecule has 2 N–H and O–H groups in total. The summed E-state index contributed by atoms with van der Waals surface area (Å²) in [6, 6.07) is 75.4. The number of phenolic OH excluding ortho intramolecular Hbond substituents is 2. The summed E-state index contributed by atoms with van der Waals surface area (Å²) in [5.41, 5.74) is 28.5. The molecule has 1 fully saturated rings. The molecule has 0 spiro atoms. The van der Waals surface area contributed by atoms with Crippen LogP contribution in [0.1, 0.15) is 358 Å². The fourth-order valence-electron chi connectivity index (χ4n) is 25.7. The summed E-state index contributed by atoms with van der Waals surface area (Å²) in [5, 5.41) is 55.6. The smallest absolute Gasteiger partial charge is 0.121 e. The third-order valence-electron chi connectivity index (χ3n) is 30.9. The highest BCUT2D eigenvalue weighted by molar-refractivity contribution is 5.86. The van der Waals surface area contributed by atoms with Gasteiger partial charge < -0.3 is 30.2 Å². The Morgan fingerprint density at radius 1 is 0.270 bits per heavy atom. The van der Waals surface area contributed by atoms with E-state index in [9.17, 15) is 10.2 Å². The molecule has 0 amide bonds. The topological polar surface area (TPSA) is 93.1 Å². The number of fused-ring (bicyclic) bond motifs is 4. The number of aromatic hydroxyl groups is 2. The van der Waals surface area contributed by atoms with Crippen molar-refractivity contribution in [2.45, 2.75) is 358 Å². The van der Waals surface area contributed by atoms with Gasteiger partial charge >= 0.3 is 0 Å². The summed E-state index contributed by atoms with van der Waals surface area (Å²) >= 11 is 0. The van der Waals surface area contributed by atoms with Gasteiger partial charge in [-0.3, -0.25) is 0 Å². The number of hydrogen-bond donors (Lipinski definition) is 2. The fraction of sp³-hybridized carbons (Fsp3) is 0.483. The lowest BCUT2D eigenvalue weighted by molar-refractivity contribution is -0.536. The molecule has 6 nitrogen and oxygen atoms in total. The molecule has 2 unspecified atom stereocenters. The molecule has 15 rings (SSSR count). The van der Waals surface area contributed by atoms with Crippen molar-refractivity contribution < 1.29 is 20.4 Å². The van der Waals surface area contributed by atoms with Gasteiger partial charge in [-0.05, 0) is 293 Å². The van der Waals surface area contributed by atoms with E-state index in [0.717, 1.165) is 48.4 Å². The molecule has 0 aliphatic heterocycles. The second kappa shape index (κ2) is 35.7. The zero-order valence-electron chi connectivity index (χ0n) is 77.3. The minimum atomic E-state index is -1.43. The Morgan fingerprint density at radius 3 is 0.754 bits per heavy atom. The average Bonchev–Trinajstić information content (AvgIpc) is 1.63. The van der Waals surface area contributed by atoms with Crippen molar-refractivity contribution in [3.05, 3.63) is 262 Å². The first-order chi connectivity index (χ1) is 58.7. The molecule has 0 bridgehead atoms. The maximum absolute atomic E-state index is 15.2. The molecule has 2 atom stereocenters. The molecule has 0 radical (unpaired) electrons. The van der Waals surface area contributed by atoms with Gasteiger partial charge in [0.05, 0.1) is 0 Å². The summed E-state index contributed by atoms with van der Waals surface area (Å²) < 4.78 is 0. The van der Waals surface area contributed by atoms with Crippen LogP contribution in [0.25, 0.3) is 44.5 Å². The van der Waals surface area contributed by atoms with Gasteiger partial charge in [-0.25, -0.2) is 0 Å². The van der Waals surface area contributed by atoms with Crippen molar-refractivity contribution in [2.24, 2.45) is 0 Å². The van der Waals surface area contributed by atoms with Crippen LogP contribution in [-0.2, 0) is 43.3 Å². The third kappa shape index (κ3) is 16.2. The van der Waals surface area contributed by atoms with Crippen molar-refractivity contribution in [2.75, 3.05) is 9.80 Å². The normalized spacial score (nSPS) is 19.8. The van der Waals surface area contributed by atoms with Crippen molar-refractivity contribution in [1.82, 2.24) is 0 Å². The number of unbranched alkanes of at least 4 members (excludes halogenated alkanes) is 8. The molecule has 0 saturated heterocycles. The van der Waals surface area contributed by atoms with Crippen LogP contribution in [-0.4, -0.2) is 22.4 Å². The predicted molar refractivity (Wildman–Crippen MR) is 514 cm³/mol. The van der Waals surface area contributed by atoms with Crippen LogP contribution in [0, 0.1) is 0 Å². The lowest BCUT2D eigenvalue weighted by Gasteiger charge is -2.61. The standard InChI is InChI=1S/C116H144N2O4/c1-17-25-65-113(66-26-18-2)76-110(11,12)103-89(37-34-42-96(103)113)79-45-53-83(54-46-79)117(84-55-47-80(48-56-84)90-38-35-43-97-104(90)111(13,14)77-114(97,67-27-19-3)68-28-20-4)87-61-63-93(99(119)73-87)101-107(121)102(108(101)122)94-64-62-88(74-100(94)120)118(85-57-49-81(50-58-85)91-39-36-44-98-105(91)112(15,16)78-115(98,69-29-21-5)70-30-22-6)86-59-51-82(52-60-86)92-40-33-41-95-106(92)116(71-31-23-7,72-32-24-8)75-109(95,9)10/h33-64,73-74,101-102,107-108,119-120H,17-32,65-72,75-78H2,1-16H3/q-2. The predicted octanol–water partition coefficient (Wildman–Crippen LogP) is 31.2. The Labute approximate surface area is 735 Å². The largest absolute Gasteiger partial charge is 0.851 e. The van der Waals surface area contributed by atoms with E-state index in [4.69, 9.17) is 0 Å². The van der Waals surface area contributed by atoms with E-state index in [1.807, 2.05) is 24.3 Å². The first-order valence-electron chi connectivity index (χ1n) is 48.2. The molecule has 1 saturated carbocycles. The van der Waals surface area contributed by atoms with Gasteiger partial charge in [0, 0.05) is 46.3 Å². The number of nitrogens with zero attached hydrogens (tertiary/aromatic N) is 2. The zero-order chi connectivity index (χ0) is 86.3. The van der Waals surface area contributed by atoms with Gasteiger partial charge in [0.15, 0.2) is 0 Å². The molecule has 644 valence electrons. The van der Waals surface area contributed by atoms with Crippen LogP contribution in [0.5, 0.6) is 11.5 Å². The van der Waals surface area contributed by atoms with E-state index in [-0.39, 0.29) is 54.8 Å². The maximum Gasteiger partial charge on any atom is 0.121 e. The summed E-state index contributed by atoms with van der Waals surface area (Å²) in [5.74, 6) is -2.28. The second-order valence-electron chi connectivity index (χ2n) is 41.4. The lowest BCUT2D eigenvalue weighted by Crippen LogP contribution is -2.63. The molecule has 5 aliphatic carbocycles. The molecular formula is C116H144N2O4-2.